The van der Waals surface area contributed by atoms with Crippen LogP contribution < -0.4 is 10.1 Å². The Morgan fingerprint density at radius 1 is 1.21 bits per heavy atom. The highest BCUT2D eigenvalue weighted by atomic mass is 35.5. The van der Waals surface area contributed by atoms with Crippen LogP contribution in [0, 0.1) is 6.92 Å². The standard InChI is InChI=1S/C19H21ClN2O6/c1-13-8-14(20)5-6-16(13)27-12-19(25)28-11-18(24)22(2)10-17(23)21-9-15-4-3-7-26-15/h3-8H,9-12H2,1-2H3,(H,21,23). The van der Waals surface area contributed by atoms with Gasteiger partial charge < -0.3 is 24.1 Å². The predicted molar refractivity (Wildman–Crippen MR) is 101 cm³/mol. The number of likely N-dealkylation sites (N-methyl/N-ethyl adjacent to an activating group) is 1. The summed E-state index contributed by atoms with van der Waals surface area (Å²) in [5.74, 6) is -0.465. The number of carbonyl (C=O) groups excluding carboxylic acids is 3. The van der Waals surface area contributed by atoms with Gasteiger partial charge in [-0.15, -0.1) is 0 Å². The smallest absolute Gasteiger partial charge is 0.344 e. The van der Waals surface area contributed by atoms with Crippen molar-refractivity contribution < 1.29 is 28.3 Å². The highest BCUT2D eigenvalue weighted by Gasteiger charge is 2.16. The first-order valence-corrected chi connectivity index (χ1v) is 8.80. The number of hydrogen-bond acceptors (Lipinski definition) is 6. The van der Waals surface area contributed by atoms with Crippen LogP contribution in [0.25, 0.3) is 0 Å². The van der Waals surface area contributed by atoms with Gasteiger partial charge in [0.2, 0.25) is 5.91 Å². The number of amides is 2. The van der Waals surface area contributed by atoms with Crippen LogP contribution in [0.1, 0.15) is 11.3 Å². The Morgan fingerprint density at radius 3 is 2.68 bits per heavy atom. The Morgan fingerprint density at radius 2 is 2.00 bits per heavy atom. The fourth-order valence-corrected chi connectivity index (χ4v) is 2.39. The molecule has 1 heterocycles. The van der Waals surface area contributed by atoms with E-state index in [4.69, 9.17) is 25.5 Å². The first-order valence-electron chi connectivity index (χ1n) is 8.42. The maximum Gasteiger partial charge on any atom is 0.344 e. The SMILES string of the molecule is Cc1cc(Cl)ccc1OCC(=O)OCC(=O)N(C)CC(=O)NCc1ccco1. The van der Waals surface area contributed by atoms with Crippen LogP contribution >= 0.6 is 11.6 Å². The van der Waals surface area contributed by atoms with Gasteiger partial charge in [0, 0.05) is 12.1 Å². The maximum absolute atomic E-state index is 12.0. The molecule has 0 spiro atoms. The summed E-state index contributed by atoms with van der Waals surface area (Å²) in [6.07, 6.45) is 1.50. The zero-order valence-corrected chi connectivity index (χ0v) is 16.3. The minimum Gasteiger partial charge on any atom is -0.482 e. The number of nitrogens with one attached hydrogen (secondary N) is 1. The molecule has 0 aliphatic carbocycles. The van der Waals surface area contributed by atoms with E-state index in [1.165, 1.54) is 13.3 Å². The molecule has 2 rings (SSSR count). The van der Waals surface area contributed by atoms with Crippen LogP contribution in [0.3, 0.4) is 0 Å². The van der Waals surface area contributed by atoms with Crippen LogP contribution in [-0.4, -0.2) is 49.5 Å². The third kappa shape index (κ3) is 6.96. The van der Waals surface area contributed by atoms with E-state index in [9.17, 15) is 14.4 Å². The predicted octanol–water partition coefficient (Wildman–Crippen LogP) is 1.94. The molecule has 0 bridgehead atoms. The van der Waals surface area contributed by atoms with Crippen molar-refractivity contribution in [1.82, 2.24) is 10.2 Å². The number of ether oxygens (including phenoxy) is 2. The summed E-state index contributed by atoms with van der Waals surface area (Å²) in [7, 11) is 1.44. The van der Waals surface area contributed by atoms with Crippen LogP contribution in [0.2, 0.25) is 5.02 Å². The number of esters is 1. The second kappa shape index (κ2) is 10.4. The normalized spacial score (nSPS) is 10.2. The number of halogens is 1. The molecule has 0 saturated carbocycles. The van der Waals surface area contributed by atoms with Crippen molar-refractivity contribution in [3.05, 3.63) is 52.9 Å². The molecule has 2 aromatic rings. The highest BCUT2D eigenvalue weighted by molar-refractivity contribution is 6.30. The van der Waals surface area contributed by atoms with Crippen LogP contribution in [0.5, 0.6) is 5.75 Å². The van der Waals surface area contributed by atoms with E-state index >= 15 is 0 Å². The average Bonchev–Trinajstić information content (AvgIpc) is 3.17. The molecule has 0 aliphatic rings. The molecule has 0 aliphatic heterocycles. The van der Waals surface area contributed by atoms with Crippen molar-refractivity contribution in [1.29, 1.82) is 0 Å². The van der Waals surface area contributed by atoms with Crippen molar-refractivity contribution in [2.45, 2.75) is 13.5 Å². The molecule has 1 N–H and O–H groups in total. The van der Waals surface area contributed by atoms with Gasteiger partial charge in [0.15, 0.2) is 13.2 Å². The number of nitrogens with zero attached hydrogens (tertiary/aromatic N) is 1. The van der Waals surface area contributed by atoms with Gasteiger partial charge >= 0.3 is 5.97 Å². The topological polar surface area (TPSA) is 98.1 Å². The van der Waals surface area contributed by atoms with E-state index < -0.39 is 18.5 Å². The molecule has 0 fully saturated rings. The largest absolute Gasteiger partial charge is 0.482 e. The van der Waals surface area contributed by atoms with Gasteiger partial charge in [-0.25, -0.2) is 4.79 Å². The molecule has 8 nitrogen and oxygen atoms in total. The minimum absolute atomic E-state index is 0.169. The van der Waals surface area contributed by atoms with Crippen LogP contribution in [0.15, 0.2) is 41.0 Å². The van der Waals surface area contributed by atoms with Crippen molar-refractivity contribution in [2.75, 3.05) is 26.8 Å². The lowest BCUT2D eigenvalue weighted by atomic mass is 10.2. The number of furan rings is 1. The molecule has 1 aromatic heterocycles. The van der Waals surface area contributed by atoms with Crippen LogP contribution in [0.4, 0.5) is 0 Å². The quantitative estimate of drug-likeness (QED) is 0.637. The zero-order chi connectivity index (χ0) is 20.5. The average molecular weight is 409 g/mol. The molecule has 2 amide bonds. The van der Waals surface area contributed by atoms with Crippen LogP contribution in [-0.2, 0) is 25.7 Å². The van der Waals surface area contributed by atoms with Crippen molar-refractivity contribution >= 4 is 29.4 Å². The Labute approximate surface area is 167 Å². The molecule has 150 valence electrons. The molecule has 1 aromatic carbocycles. The summed E-state index contributed by atoms with van der Waals surface area (Å²) in [5.41, 5.74) is 0.775. The summed E-state index contributed by atoms with van der Waals surface area (Å²) in [5, 5.41) is 3.18. The van der Waals surface area contributed by atoms with Gasteiger partial charge in [0.05, 0.1) is 19.4 Å². The molecule has 0 saturated heterocycles. The Balaban J connectivity index is 1.67. The van der Waals surface area contributed by atoms with E-state index in [1.54, 1.807) is 37.3 Å². The van der Waals surface area contributed by atoms with Crippen molar-refractivity contribution in [3.8, 4) is 5.75 Å². The Bertz CT molecular complexity index is 822. The summed E-state index contributed by atoms with van der Waals surface area (Å²) >= 11 is 5.85. The fourth-order valence-electron chi connectivity index (χ4n) is 2.16. The number of rotatable bonds is 9. The van der Waals surface area contributed by atoms with Crippen molar-refractivity contribution in [2.24, 2.45) is 0 Å². The summed E-state index contributed by atoms with van der Waals surface area (Å²) in [6, 6.07) is 8.43. The lowest BCUT2D eigenvalue weighted by Crippen LogP contribution is -2.40. The maximum atomic E-state index is 12.0. The van der Waals surface area contributed by atoms with Gasteiger partial charge in [-0.2, -0.15) is 0 Å². The number of benzene rings is 1. The third-order valence-corrected chi connectivity index (χ3v) is 3.92. The third-order valence-electron chi connectivity index (χ3n) is 3.69. The number of hydrogen-bond donors (Lipinski definition) is 1. The lowest BCUT2D eigenvalue weighted by Gasteiger charge is -2.16. The summed E-state index contributed by atoms with van der Waals surface area (Å²) in [6.45, 7) is 1.02. The molecule has 0 atom stereocenters. The van der Waals surface area contributed by atoms with Crippen molar-refractivity contribution in [3.63, 3.8) is 0 Å². The van der Waals surface area contributed by atoms with Gasteiger partial charge in [0.1, 0.15) is 11.5 Å². The van der Waals surface area contributed by atoms with E-state index in [0.717, 1.165) is 10.5 Å². The first-order chi connectivity index (χ1) is 13.3. The van der Waals surface area contributed by atoms with Gasteiger partial charge in [-0.05, 0) is 42.8 Å². The zero-order valence-electron chi connectivity index (χ0n) is 15.6. The van der Waals surface area contributed by atoms with Gasteiger partial charge in [-0.1, -0.05) is 11.6 Å². The van der Waals surface area contributed by atoms with E-state index in [0.29, 0.717) is 16.5 Å². The molecular weight excluding hydrogens is 388 g/mol. The van der Waals surface area contributed by atoms with E-state index in [1.807, 2.05) is 0 Å². The highest BCUT2D eigenvalue weighted by Crippen LogP contribution is 2.21. The molecule has 9 heteroatoms. The number of aryl methyl sites for hydroxylation is 1. The van der Waals surface area contributed by atoms with Gasteiger partial charge in [0.25, 0.3) is 5.91 Å². The Hall–Kier alpha value is -3.00. The minimum atomic E-state index is -0.696. The van der Waals surface area contributed by atoms with E-state index in [2.05, 4.69) is 5.32 Å². The molecule has 0 radical (unpaired) electrons. The summed E-state index contributed by atoms with van der Waals surface area (Å²) < 4.78 is 15.3. The monoisotopic (exact) mass is 408 g/mol. The summed E-state index contributed by atoms with van der Waals surface area (Å²) in [4.78, 5) is 36.7. The first kappa shape index (κ1) is 21.3. The molecule has 28 heavy (non-hydrogen) atoms. The Kier molecular flexibility index (Phi) is 7.88. The molecular formula is C19H21ClN2O6. The fraction of sp³-hybridized carbons (Fsp3) is 0.316. The lowest BCUT2D eigenvalue weighted by molar-refractivity contribution is -0.153. The second-order valence-corrected chi connectivity index (χ2v) is 6.40. The number of carbonyl (C=O) groups is 3. The van der Waals surface area contributed by atoms with E-state index in [-0.39, 0.29) is 25.6 Å². The van der Waals surface area contributed by atoms with Gasteiger partial charge in [-0.3, -0.25) is 9.59 Å². The molecule has 0 unspecified atom stereocenters. The second-order valence-electron chi connectivity index (χ2n) is 5.97.